The fourth-order valence-electron chi connectivity index (χ4n) is 2.16. The van der Waals surface area contributed by atoms with Gasteiger partial charge in [-0.3, -0.25) is 9.78 Å². The van der Waals surface area contributed by atoms with Crippen molar-refractivity contribution in [3.05, 3.63) is 42.1 Å². The summed E-state index contributed by atoms with van der Waals surface area (Å²) in [5.41, 5.74) is 4.49. The molecule has 4 heteroatoms. The molecule has 2 aromatic rings. The number of aromatic nitrogens is 1. The second kappa shape index (κ2) is 5.18. The fourth-order valence-corrected chi connectivity index (χ4v) is 2.16. The minimum atomic E-state index is 0.0286. The summed E-state index contributed by atoms with van der Waals surface area (Å²) in [6.07, 6.45) is 6.55. The maximum atomic E-state index is 11.6. The highest BCUT2D eigenvalue weighted by Crippen LogP contribution is 2.26. The van der Waals surface area contributed by atoms with Gasteiger partial charge >= 0.3 is 0 Å². The van der Waals surface area contributed by atoms with Crippen molar-refractivity contribution in [3.63, 3.8) is 0 Å². The van der Waals surface area contributed by atoms with Crippen LogP contribution in [0.25, 0.3) is 10.9 Å². The Morgan fingerprint density at radius 3 is 2.95 bits per heavy atom. The molecular weight excluding hydrogens is 238 g/mol. The van der Waals surface area contributed by atoms with Gasteiger partial charge in [-0.2, -0.15) is 5.10 Å². The number of fused-ring (bicyclic) bond motifs is 1. The van der Waals surface area contributed by atoms with Crippen molar-refractivity contribution in [1.29, 1.82) is 0 Å². The molecule has 1 aromatic carbocycles. The molecule has 19 heavy (non-hydrogen) atoms. The van der Waals surface area contributed by atoms with Crippen LogP contribution in [0.1, 0.15) is 24.8 Å². The Hall–Kier alpha value is -2.23. The van der Waals surface area contributed by atoms with Gasteiger partial charge in [0.05, 0.1) is 11.7 Å². The van der Waals surface area contributed by atoms with E-state index in [1.165, 1.54) is 0 Å². The first-order chi connectivity index (χ1) is 9.34. The summed E-state index contributed by atoms with van der Waals surface area (Å²) in [5, 5.41) is 5.08. The minimum Gasteiger partial charge on any atom is -0.273 e. The van der Waals surface area contributed by atoms with Crippen LogP contribution in [-0.2, 0) is 4.79 Å². The van der Waals surface area contributed by atoms with Crippen molar-refractivity contribution in [2.75, 3.05) is 0 Å². The lowest BCUT2D eigenvalue weighted by atomic mass is 9.85. The van der Waals surface area contributed by atoms with Crippen molar-refractivity contribution in [2.24, 2.45) is 11.0 Å². The molecule has 1 heterocycles. The Kier molecular flexibility index (Phi) is 3.23. The molecule has 1 aliphatic carbocycles. The maximum Gasteiger partial charge on any atom is 0.243 e. The summed E-state index contributed by atoms with van der Waals surface area (Å²) in [4.78, 5) is 15.9. The number of carbonyl (C=O) groups is 1. The van der Waals surface area contributed by atoms with Crippen molar-refractivity contribution in [2.45, 2.75) is 19.3 Å². The summed E-state index contributed by atoms with van der Waals surface area (Å²) in [7, 11) is 0. The van der Waals surface area contributed by atoms with E-state index in [4.69, 9.17) is 0 Å². The number of rotatable bonds is 3. The SMILES string of the molecule is O=C(NN=Cc1ccnc2ccccc12)C1CCC1. The van der Waals surface area contributed by atoms with Gasteiger partial charge in [-0.15, -0.1) is 0 Å². The molecule has 1 aliphatic rings. The molecule has 1 amide bonds. The molecule has 0 saturated heterocycles. The van der Waals surface area contributed by atoms with Crippen LogP contribution < -0.4 is 5.43 Å². The van der Waals surface area contributed by atoms with Crippen LogP contribution in [-0.4, -0.2) is 17.1 Å². The lowest BCUT2D eigenvalue weighted by Gasteiger charge is -2.22. The van der Waals surface area contributed by atoms with Gasteiger partial charge < -0.3 is 0 Å². The van der Waals surface area contributed by atoms with Crippen LogP contribution in [0, 0.1) is 5.92 Å². The van der Waals surface area contributed by atoms with E-state index in [-0.39, 0.29) is 11.8 Å². The molecule has 1 fully saturated rings. The summed E-state index contributed by atoms with van der Waals surface area (Å²) < 4.78 is 0. The maximum absolute atomic E-state index is 11.6. The van der Waals surface area contributed by atoms with Gasteiger partial charge in [0.25, 0.3) is 0 Å². The van der Waals surface area contributed by atoms with E-state index in [1.54, 1.807) is 12.4 Å². The highest BCUT2D eigenvalue weighted by atomic mass is 16.2. The van der Waals surface area contributed by atoms with Crippen molar-refractivity contribution < 1.29 is 4.79 Å². The zero-order valence-electron chi connectivity index (χ0n) is 10.5. The Balaban J connectivity index is 1.75. The lowest BCUT2D eigenvalue weighted by molar-refractivity contribution is -0.127. The topological polar surface area (TPSA) is 54.4 Å². The van der Waals surface area contributed by atoms with Crippen LogP contribution >= 0.6 is 0 Å². The van der Waals surface area contributed by atoms with E-state index < -0.39 is 0 Å². The first kappa shape index (κ1) is 11.8. The Labute approximate surface area is 111 Å². The number of amides is 1. The summed E-state index contributed by atoms with van der Waals surface area (Å²) in [6, 6.07) is 9.77. The number of benzene rings is 1. The Morgan fingerprint density at radius 1 is 1.32 bits per heavy atom. The number of nitrogens with zero attached hydrogens (tertiary/aromatic N) is 2. The van der Waals surface area contributed by atoms with Gasteiger partial charge in [0.15, 0.2) is 0 Å². The average molecular weight is 253 g/mol. The van der Waals surface area contributed by atoms with Crippen LogP contribution in [0.3, 0.4) is 0 Å². The van der Waals surface area contributed by atoms with Gasteiger partial charge in [-0.25, -0.2) is 5.43 Å². The first-order valence-electron chi connectivity index (χ1n) is 6.51. The largest absolute Gasteiger partial charge is 0.273 e. The number of hydrogen-bond acceptors (Lipinski definition) is 3. The van der Waals surface area contributed by atoms with E-state index in [0.717, 1.165) is 35.7 Å². The molecule has 1 N–H and O–H groups in total. The Morgan fingerprint density at radius 2 is 2.16 bits per heavy atom. The molecular formula is C15H15N3O. The predicted octanol–water partition coefficient (Wildman–Crippen LogP) is 2.49. The first-order valence-corrected chi connectivity index (χ1v) is 6.51. The highest BCUT2D eigenvalue weighted by Gasteiger charge is 2.24. The predicted molar refractivity (Wildman–Crippen MR) is 74.8 cm³/mol. The average Bonchev–Trinajstić information content (AvgIpc) is 2.37. The second-order valence-electron chi connectivity index (χ2n) is 4.78. The zero-order chi connectivity index (χ0) is 13.1. The molecule has 0 atom stereocenters. The number of para-hydroxylation sites is 1. The molecule has 1 saturated carbocycles. The zero-order valence-corrected chi connectivity index (χ0v) is 10.5. The van der Waals surface area contributed by atoms with Crippen molar-refractivity contribution in [3.8, 4) is 0 Å². The summed E-state index contributed by atoms with van der Waals surface area (Å²) in [6.45, 7) is 0. The lowest BCUT2D eigenvalue weighted by Crippen LogP contribution is -2.31. The van der Waals surface area contributed by atoms with Gasteiger partial charge in [-0.05, 0) is 25.0 Å². The monoisotopic (exact) mass is 253 g/mol. The summed E-state index contributed by atoms with van der Waals surface area (Å²) >= 11 is 0. The molecule has 0 radical (unpaired) electrons. The molecule has 0 bridgehead atoms. The Bertz CT molecular complexity index is 627. The quantitative estimate of drug-likeness (QED) is 0.675. The van der Waals surface area contributed by atoms with Crippen molar-refractivity contribution in [1.82, 2.24) is 10.4 Å². The third-order valence-corrected chi connectivity index (χ3v) is 3.54. The molecule has 1 aromatic heterocycles. The van der Waals surface area contributed by atoms with Crippen LogP contribution in [0.2, 0.25) is 0 Å². The third-order valence-electron chi connectivity index (χ3n) is 3.54. The smallest absolute Gasteiger partial charge is 0.243 e. The third kappa shape index (κ3) is 2.47. The number of hydrogen-bond donors (Lipinski definition) is 1. The summed E-state index contributed by atoms with van der Waals surface area (Å²) in [5.74, 6) is 0.187. The normalized spacial score (nSPS) is 15.6. The highest BCUT2D eigenvalue weighted by molar-refractivity contribution is 5.98. The van der Waals surface area contributed by atoms with Crippen LogP contribution in [0.15, 0.2) is 41.6 Å². The fraction of sp³-hybridized carbons (Fsp3) is 0.267. The molecule has 0 spiro atoms. The number of hydrazone groups is 1. The van der Waals surface area contributed by atoms with E-state index in [2.05, 4.69) is 15.5 Å². The molecule has 3 rings (SSSR count). The number of carbonyl (C=O) groups excluding carboxylic acids is 1. The molecule has 0 unspecified atom stereocenters. The van der Waals surface area contributed by atoms with Crippen molar-refractivity contribution >= 4 is 23.0 Å². The number of pyridine rings is 1. The minimum absolute atomic E-state index is 0.0286. The van der Waals surface area contributed by atoms with E-state index >= 15 is 0 Å². The molecule has 0 aliphatic heterocycles. The van der Waals surface area contributed by atoms with E-state index in [0.29, 0.717) is 0 Å². The van der Waals surface area contributed by atoms with E-state index in [9.17, 15) is 4.79 Å². The van der Waals surface area contributed by atoms with Gasteiger partial charge in [-0.1, -0.05) is 24.6 Å². The molecule has 4 nitrogen and oxygen atoms in total. The second-order valence-corrected chi connectivity index (χ2v) is 4.78. The van der Waals surface area contributed by atoms with Gasteiger partial charge in [0.2, 0.25) is 5.91 Å². The molecule has 96 valence electrons. The van der Waals surface area contributed by atoms with Gasteiger partial charge in [0.1, 0.15) is 0 Å². The number of nitrogens with one attached hydrogen (secondary N) is 1. The van der Waals surface area contributed by atoms with Crippen LogP contribution in [0.4, 0.5) is 0 Å². The van der Waals surface area contributed by atoms with E-state index in [1.807, 2.05) is 30.3 Å². The standard InChI is InChI=1S/C15H15N3O/c19-15(11-4-3-5-11)18-17-10-12-8-9-16-14-7-2-1-6-13(12)14/h1-2,6-11H,3-5H2,(H,18,19). The van der Waals surface area contributed by atoms with Crippen LogP contribution in [0.5, 0.6) is 0 Å². The van der Waals surface area contributed by atoms with Gasteiger partial charge in [0, 0.05) is 23.1 Å².